The molecule has 1 saturated heterocycles. The molecule has 9 heteroatoms. The third-order valence-corrected chi connectivity index (χ3v) is 11.6. The fourth-order valence-corrected chi connectivity index (χ4v) is 11.0. The lowest BCUT2D eigenvalue weighted by Crippen LogP contribution is -2.82. The van der Waals surface area contributed by atoms with Gasteiger partial charge in [-0.15, -0.1) is 0 Å². The number of likely N-dealkylation sites (tertiary alicyclic amines) is 1. The highest BCUT2D eigenvalue weighted by molar-refractivity contribution is 5.66. The fourth-order valence-electron chi connectivity index (χ4n) is 11.0. The quantitative estimate of drug-likeness (QED) is 0.444. The summed E-state index contributed by atoms with van der Waals surface area (Å²) in [5, 5.41) is 36.7. The molecule has 7 bridgehead atoms. The van der Waals surface area contributed by atoms with Crippen molar-refractivity contribution in [1.29, 1.82) is 0 Å². The number of piperidine rings is 1. The van der Waals surface area contributed by atoms with Crippen LogP contribution in [0.1, 0.15) is 39.5 Å². The van der Waals surface area contributed by atoms with Gasteiger partial charge in [-0.2, -0.15) is 0 Å². The summed E-state index contributed by atoms with van der Waals surface area (Å²) in [5.74, 6) is -1.20. The molecule has 198 valence electrons. The van der Waals surface area contributed by atoms with Crippen molar-refractivity contribution in [3.63, 3.8) is 0 Å². The first kappa shape index (κ1) is 24.5. The maximum absolute atomic E-state index is 13.0. The van der Waals surface area contributed by atoms with E-state index in [1.807, 2.05) is 0 Å². The number of carbonyl (C=O) groups is 1. The zero-order chi connectivity index (χ0) is 25.1. The van der Waals surface area contributed by atoms with Gasteiger partial charge < -0.3 is 34.3 Å². The van der Waals surface area contributed by atoms with Crippen molar-refractivity contribution in [2.45, 2.75) is 81.2 Å². The molecule has 0 radical (unpaired) electrons. The third-order valence-electron chi connectivity index (χ3n) is 11.6. The molecule has 1 aliphatic heterocycles. The number of hydrogen-bond donors (Lipinski definition) is 3. The molecule has 1 spiro atoms. The Hall–Kier alpha value is -0.810. The molecule has 5 aliphatic carbocycles. The Kier molecular flexibility index (Phi) is 5.34. The minimum atomic E-state index is -1.65. The summed E-state index contributed by atoms with van der Waals surface area (Å²) < 4.78 is 24.3. The van der Waals surface area contributed by atoms with Crippen molar-refractivity contribution < 1.29 is 39.1 Å². The second-order valence-electron chi connectivity index (χ2n) is 12.2. The molecule has 6 aliphatic rings. The number of carbonyl (C=O) groups excluding carboxylic acids is 1. The molecule has 3 N–H and O–H groups in total. The molecule has 9 nitrogen and oxygen atoms in total. The van der Waals surface area contributed by atoms with Crippen LogP contribution >= 0.6 is 0 Å². The molecule has 0 aromatic heterocycles. The largest absolute Gasteiger partial charge is 0.462 e. The van der Waals surface area contributed by atoms with E-state index < -0.39 is 52.2 Å². The Labute approximate surface area is 207 Å². The van der Waals surface area contributed by atoms with Gasteiger partial charge in [0.1, 0.15) is 17.3 Å². The number of nitrogens with zero attached hydrogens (tertiary/aromatic N) is 1. The monoisotopic (exact) mass is 495 g/mol. The van der Waals surface area contributed by atoms with Gasteiger partial charge in [-0.1, -0.05) is 6.92 Å². The first-order valence-electron chi connectivity index (χ1n) is 13.2. The van der Waals surface area contributed by atoms with Crippen molar-refractivity contribution in [3.8, 4) is 0 Å². The average Bonchev–Trinajstić information content (AvgIpc) is 3.22. The molecule has 0 aromatic rings. The van der Waals surface area contributed by atoms with E-state index in [1.54, 1.807) is 21.3 Å². The highest BCUT2D eigenvalue weighted by atomic mass is 16.6. The number of hydrogen-bond acceptors (Lipinski definition) is 9. The van der Waals surface area contributed by atoms with E-state index in [0.717, 1.165) is 12.8 Å². The van der Waals surface area contributed by atoms with E-state index in [0.29, 0.717) is 19.5 Å². The van der Waals surface area contributed by atoms with Crippen molar-refractivity contribution >= 4 is 5.97 Å². The Balaban J connectivity index is 1.67. The van der Waals surface area contributed by atoms with Crippen LogP contribution in [0.4, 0.5) is 0 Å². The maximum atomic E-state index is 13.0. The van der Waals surface area contributed by atoms with Crippen LogP contribution in [0.3, 0.4) is 0 Å². The molecule has 1 heterocycles. The summed E-state index contributed by atoms with van der Waals surface area (Å²) in [4.78, 5) is 14.5. The number of fused-ring (bicyclic) bond motifs is 2. The maximum Gasteiger partial charge on any atom is 0.302 e. The normalized spacial score (nSPS) is 57.9. The predicted molar refractivity (Wildman–Crippen MR) is 123 cm³/mol. The van der Waals surface area contributed by atoms with E-state index in [4.69, 9.17) is 18.9 Å². The van der Waals surface area contributed by atoms with Crippen LogP contribution in [-0.4, -0.2) is 109 Å². The number of aliphatic hydroxyl groups is 3. The number of rotatable bonds is 6. The standard InChI is InChI=1S/C26H41NO8/c1-6-27-11-23(12-28)8-7-17(33-4)25-15-9-14-16(32-3)10-24(30,18(15)19(14)35-13(2)29)26(31,22(25)27)21(34-5)20(23)25/h14-22,28,30-31H,6-12H2,1-5H3/t14-,15-,16+,17+,18-,19+,20-,21+,22?,23+,24-,25+,26?/m1/s1. The molecule has 2 unspecified atom stereocenters. The van der Waals surface area contributed by atoms with Gasteiger partial charge in [0.15, 0.2) is 0 Å². The first-order valence-corrected chi connectivity index (χ1v) is 13.2. The number of methoxy groups -OCH3 is 3. The lowest BCUT2D eigenvalue weighted by molar-refractivity contribution is -0.319. The molecular formula is C26H41NO8. The van der Waals surface area contributed by atoms with Crippen LogP contribution in [0.5, 0.6) is 0 Å². The molecule has 35 heavy (non-hydrogen) atoms. The Morgan fingerprint density at radius 1 is 1.14 bits per heavy atom. The smallest absolute Gasteiger partial charge is 0.302 e. The first-order chi connectivity index (χ1) is 16.7. The van der Waals surface area contributed by atoms with E-state index >= 15 is 0 Å². The zero-order valence-corrected chi connectivity index (χ0v) is 21.5. The average molecular weight is 496 g/mol. The second-order valence-corrected chi connectivity index (χ2v) is 12.2. The van der Waals surface area contributed by atoms with E-state index in [2.05, 4.69) is 11.8 Å². The van der Waals surface area contributed by atoms with Crippen LogP contribution in [-0.2, 0) is 23.7 Å². The third kappa shape index (κ3) is 2.43. The molecular weight excluding hydrogens is 454 g/mol. The minimum Gasteiger partial charge on any atom is -0.462 e. The lowest BCUT2D eigenvalue weighted by atomic mass is 9.42. The van der Waals surface area contributed by atoms with Gasteiger partial charge in [0, 0.05) is 69.8 Å². The molecule has 13 atom stereocenters. The number of likely N-dealkylation sites (N-methyl/N-ethyl adjacent to an activating group) is 1. The van der Waals surface area contributed by atoms with Crippen LogP contribution in [0.2, 0.25) is 0 Å². The molecule has 0 aromatic carbocycles. The van der Waals surface area contributed by atoms with Crippen LogP contribution in [0.15, 0.2) is 0 Å². The Morgan fingerprint density at radius 2 is 1.89 bits per heavy atom. The van der Waals surface area contributed by atoms with Gasteiger partial charge in [0.25, 0.3) is 0 Å². The highest BCUT2D eigenvalue weighted by Gasteiger charge is 2.91. The summed E-state index contributed by atoms with van der Waals surface area (Å²) in [6.07, 6.45) is 0.714. The molecule has 5 saturated carbocycles. The van der Waals surface area contributed by atoms with Gasteiger partial charge >= 0.3 is 5.97 Å². The summed E-state index contributed by atoms with van der Waals surface area (Å²) in [7, 11) is 4.97. The zero-order valence-electron chi connectivity index (χ0n) is 21.5. The summed E-state index contributed by atoms with van der Waals surface area (Å²) in [6, 6.07) is -0.404. The number of aliphatic hydroxyl groups excluding tert-OH is 1. The van der Waals surface area contributed by atoms with Gasteiger partial charge in [-0.3, -0.25) is 9.69 Å². The van der Waals surface area contributed by atoms with Gasteiger partial charge in [-0.05, 0) is 31.7 Å². The van der Waals surface area contributed by atoms with Crippen molar-refractivity contribution in [3.05, 3.63) is 0 Å². The molecule has 0 amide bonds. The molecule has 6 rings (SSSR count). The van der Waals surface area contributed by atoms with E-state index in [9.17, 15) is 20.1 Å². The van der Waals surface area contributed by atoms with Gasteiger partial charge in [-0.25, -0.2) is 0 Å². The predicted octanol–water partition coefficient (Wildman–Crippen LogP) is 0.188. The van der Waals surface area contributed by atoms with Crippen molar-refractivity contribution in [1.82, 2.24) is 4.90 Å². The second kappa shape index (κ2) is 7.62. The fraction of sp³-hybridized carbons (Fsp3) is 0.962. The topological polar surface area (TPSA) is 118 Å². The van der Waals surface area contributed by atoms with Crippen LogP contribution in [0.25, 0.3) is 0 Å². The molecule has 6 fully saturated rings. The van der Waals surface area contributed by atoms with E-state index in [1.165, 1.54) is 6.92 Å². The minimum absolute atomic E-state index is 0.0116. The Morgan fingerprint density at radius 3 is 2.46 bits per heavy atom. The van der Waals surface area contributed by atoms with E-state index in [-0.39, 0.29) is 43.0 Å². The summed E-state index contributed by atoms with van der Waals surface area (Å²) in [6.45, 7) is 4.79. The van der Waals surface area contributed by atoms with Crippen LogP contribution < -0.4 is 0 Å². The highest BCUT2D eigenvalue weighted by Crippen LogP contribution is 2.80. The van der Waals surface area contributed by atoms with Crippen LogP contribution in [0, 0.1) is 34.5 Å². The van der Waals surface area contributed by atoms with Gasteiger partial charge in [0.05, 0.1) is 31.0 Å². The SMILES string of the molecule is CCN1C[C@]2(CO)CC[C@H](OC)[C@]34C1C(O)([C@@H](OC)[C@H]23)[C@@]1(O)C[C@H](OC)[C@H]2C[C@@H]4[C@@H]1[C@H]2OC(C)=O. The van der Waals surface area contributed by atoms with Crippen molar-refractivity contribution in [2.75, 3.05) is 41.0 Å². The van der Waals surface area contributed by atoms with Crippen molar-refractivity contribution in [2.24, 2.45) is 34.5 Å². The summed E-state index contributed by atoms with van der Waals surface area (Å²) in [5.41, 5.74) is -4.27. The van der Waals surface area contributed by atoms with Gasteiger partial charge in [0.2, 0.25) is 0 Å². The number of esters is 1. The summed E-state index contributed by atoms with van der Waals surface area (Å²) >= 11 is 0. The lowest BCUT2D eigenvalue weighted by Gasteiger charge is -2.70. The number of ether oxygens (including phenoxy) is 4. The Bertz CT molecular complexity index is 903.